The van der Waals surface area contributed by atoms with Crippen LogP contribution in [-0.4, -0.2) is 44.8 Å². The van der Waals surface area contributed by atoms with E-state index in [0.717, 1.165) is 22.5 Å². The first-order valence-electron chi connectivity index (χ1n) is 11.2. The summed E-state index contributed by atoms with van der Waals surface area (Å²) in [5.41, 5.74) is 4.04. The van der Waals surface area contributed by atoms with E-state index in [-0.39, 0.29) is 17.7 Å². The first-order valence-corrected chi connectivity index (χ1v) is 12.7. The van der Waals surface area contributed by atoms with Crippen molar-refractivity contribution < 1.29 is 8.42 Å². The summed E-state index contributed by atoms with van der Waals surface area (Å²) in [6.45, 7) is 1.09. The largest absolute Gasteiger partial charge is 0.364 e. The van der Waals surface area contributed by atoms with Gasteiger partial charge in [0.25, 0.3) is 10.0 Å². The number of imidazole rings is 2. The zero-order chi connectivity index (χ0) is 24.4. The van der Waals surface area contributed by atoms with Crippen LogP contribution in [0.1, 0.15) is 22.4 Å². The molecule has 1 unspecified atom stereocenters. The third kappa shape index (κ3) is 4.56. The summed E-state index contributed by atoms with van der Waals surface area (Å²) in [7, 11) is -2.26. The Kier molecular flexibility index (Phi) is 6.11. The monoisotopic (exact) mass is 487 g/mol. The second-order valence-corrected chi connectivity index (χ2v) is 10.4. The Labute approximate surface area is 204 Å². The topological polar surface area (TPSA) is 111 Å². The summed E-state index contributed by atoms with van der Waals surface area (Å²) in [4.78, 5) is 13.7. The van der Waals surface area contributed by atoms with Crippen molar-refractivity contribution in [1.29, 1.82) is 5.26 Å². The molecule has 9 nitrogen and oxygen atoms in total. The minimum Gasteiger partial charge on any atom is -0.364 e. The Hall–Kier alpha value is -3.94. The number of hydrogen-bond acceptors (Lipinski definition) is 6. The molecule has 2 aromatic heterocycles. The Morgan fingerprint density at radius 3 is 2.69 bits per heavy atom. The van der Waals surface area contributed by atoms with Crippen molar-refractivity contribution in [3.05, 3.63) is 95.8 Å². The fourth-order valence-corrected chi connectivity index (χ4v) is 6.26. The molecule has 1 atom stereocenters. The second kappa shape index (κ2) is 9.37. The molecule has 4 aromatic rings. The number of nitrogens with one attached hydrogen (secondary N) is 1. The van der Waals surface area contributed by atoms with E-state index in [0.29, 0.717) is 25.1 Å². The quantitative estimate of drug-likeness (QED) is 0.448. The molecule has 1 aliphatic heterocycles. The molecule has 5 rings (SSSR count). The highest BCUT2D eigenvalue weighted by molar-refractivity contribution is 7.89. The van der Waals surface area contributed by atoms with Gasteiger partial charge in [0.05, 0.1) is 30.2 Å². The molecule has 0 saturated carbocycles. The van der Waals surface area contributed by atoms with Crippen LogP contribution in [0.15, 0.2) is 78.6 Å². The molecule has 2 aromatic carbocycles. The van der Waals surface area contributed by atoms with Crippen molar-refractivity contribution in [2.45, 2.75) is 30.7 Å². The molecule has 0 saturated heterocycles. The van der Waals surface area contributed by atoms with Gasteiger partial charge in [-0.15, -0.1) is 0 Å². The van der Waals surface area contributed by atoms with E-state index in [1.807, 2.05) is 42.6 Å². The number of sulfonamides is 1. The number of benzene rings is 2. The van der Waals surface area contributed by atoms with Gasteiger partial charge in [0.2, 0.25) is 5.16 Å². The molecule has 3 heterocycles. The third-order valence-electron chi connectivity index (χ3n) is 6.25. The highest BCUT2D eigenvalue weighted by Crippen LogP contribution is 2.33. The number of aryl methyl sites for hydroxylation is 1. The lowest BCUT2D eigenvalue weighted by Gasteiger charge is -2.31. The van der Waals surface area contributed by atoms with Crippen molar-refractivity contribution in [3.63, 3.8) is 0 Å². The van der Waals surface area contributed by atoms with Gasteiger partial charge >= 0.3 is 0 Å². The highest BCUT2D eigenvalue weighted by Gasteiger charge is 2.38. The van der Waals surface area contributed by atoms with Gasteiger partial charge in [-0.25, -0.2) is 18.4 Å². The number of fused-ring (bicyclic) bond motifs is 1. The molecule has 0 bridgehead atoms. The predicted octanol–water partition coefficient (Wildman–Crippen LogP) is 2.84. The third-order valence-corrected chi connectivity index (χ3v) is 8.15. The van der Waals surface area contributed by atoms with Crippen molar-refractivity contribution in [3.8, 4) is 6.07 Å². The van der Waals surface area contributed by atoms with Gasteiger partial charge in [-0.05, 0) is 35.7 Å². The molecule has 0 spiro atoms. The molecule has 0 radical (unpaired) electrons. The van der Waals surface area contributed by atoms with E-state index in [2.05, 4.69) is 25.9 Å². The van der Waals surface area contributed by atoms with Gasteiger partial charge in [-0.3, -0.25) is 0 Å². The standard InChI is InChI=1S/C25H25N7O2S/c1-30-10-9-28-25(30)35(33,34)32-15-21-11-20(13-26)7-8-24(21)31(16-22-14-27-18-29-22)17-23(32)12-19-5-3-2-4-6-19/h2-11,14,18,23H,12,15-17H2,1H3,(H,27,29). The van der Waals surface area contributed by atoms with Crippen LogP contribution in [0.25, 0.3) is 0 Å². The van der Waals surface area contributed by atoms with Gasteiger partial charge < -0.3 is 14.5 Å². The van der Waals surface area contributed by atoms with Crippen molar-refractivity contribution in [1.82, 2.24) is 23.8 Å². The van der Waals surface area contributed by atoms with E-state index in [1.54, 1.807) is 31.7 Å². The Balaban J connectivity index is 1.63. The Morgan fingerprint density at radius 2 is 2.00 bits per heavy atom. The summed E-state index contributed by atoms with van der Waals surface area (Å²) in [5, 5.41) is 9.51. The average Bonchev–Trinajstić information content (AvgIpc) is 3.51. The maximum atomic E-state index is 14.0. The molecule has 10 heteroatoms. The lowest BCUT2D eigenvalue weighted by atomic mass is 10.1. The molecule has 178 valence electrons. The fraction of sp³-hybridized carbons (Fsp3) is 0.240. The zero-order valence-electron chi connectivity index (χ0n) is 19.2. The molecular weight excluding hydrogens is 462 g/mol. The Morgan fingerprint density at radius 1 is 1.17 bits per heavy atom. The molecule has 35 heavy (non-hydrogen) atoms. The van der Waals surface area contributed by atoms with Crippen LogP contribution in [0.5, 0.6) is 0 Å². The Bertz CT molecular complexity index is 1460. The molecule has 1 N–H and O–H groups in total. The van der Waals surface area contributed by atoms with Crippen molar-refractivity contribution in [2.75, 3.05) is 11.4 Å². The normalized spacial score (nSPS) is 16.5. The summed E-state index contributed by atoms with van der Waals surface area (Å²) < 4.78 is 31.0. The van der Waals surface area contributed by atoms with Gasteiger partial charge in [-0.1, -0.05) is 30.3 Å². The molecular formula is C25H25N7O2S. The van der Waals surface area contributed by atoms with Gasteiger partial charge in [0.15, 0.2) is 0 Å². The molecule has 1 aliphatic rings. The van der Waals surface area contributed by atoms with Crippen LogP contribution >= 0.6 is 0 Å². The average molecular weight is 488 g/mol. The van der Waals surface area contributed by atoms with Gasteiger partial charge in [0.1, 0.15) is 0 Å². The van der Waals surface area contributed by atoms with Crippen LogP contribution in [0.3, 0.4) is 0 Å². The minimum absolute atomic E-state index is 0.00528. The molecule has 0 aliphatic carbocycles. The number of hydrogen-bond donors (Lipinski definition) is 1. The van der Waals surface area contributed by atoms with Crippen LogP contribution in [0, 0.1) is 11.3 Å². The SMILES string of the molecule is Cn1ccnc1S(=O)(=O)N1Cc2cc(C#N)ccc2N(Cc2c[nH]cn2)CC1Cc1ccccc1. The summed E-state index contributed by atoms with van der Waals surface area (Å²) >= 11 is 0. The van der Waals surface area contributed by atoms with E-state index in [1.165, 1.54) is 15.1 Å². The first-order chi connectivity index (χ1) is 17.0. The number of H-pyrrole nitrogens is 1. The smallest absolute Gasteiger partial charge is 0.277 e. The summed E-state index contributed by atoms with van der Waals surface area (Å²) in [6, 6.07) is 17.1. The number of nitriles is 1. The number of rotatable bonds is 6. The van der Waals surface area contributed by atoms with E-state index in [9.17, 15) is 13.7 Å². The minimum atomic E-state index is -3.94. The van der Waals surface area contributed by atoms with Crippen molar-refractivity contribution in [2.24, 2.45) is 7.05 Å². The van der Waals surface area contributed by atoms with E-state index < -0.39 is 10.0 Å². The summed E-state index contributed by atoms with van der Waals surface area (Å²) in [6.07, 6.45) is 7.11. The second-order valence-electron chi connectivity index (χ2n) is 8.61. The maximum Gasteiger partial charge on any atom is 0.277 e. The maximum absolute atomic E-state index is 14.0. The van der Waals surface area contributed by atoms with Crippen LogP contribution in [0.2, 0.25) is 0 Å². The number of anilines is 1. The lowest BCUT2D eigenvalue weighted by Crippen LogP contribution is -2.46. The van der Waals surface area contributed by atoms with Crippen LogP contribution < -0.4 is 4.90 Å². The number of aromatic amines is 1. The first kappa shape index (κ1) is 22.8. The van der Waals surface area contributed by atoms with Crippen molar-refractivity contribution >= 4 is 15.7 Å². The fourth-order valence-electron chi connectivity index (χ4n) is 4.59. The zero-order valence-corrected chi connectivity index (χ0v) is 20.1. The number of aromatic nitrogens is 4. The predicted molar refractivity (Wildman–Crippen MR) is 131 cm³/mol. The van der Waals surface area contributed by atoms with Crippen LogP contribution in [0.4, 0.5) is 5.69 Å². The lowest BCUT2D eigenvalue weighted by molar-refractivity contribution is 0.314. The molecule has 0 amide bonds. The molecule has 0 fully saturated rings. The van der Waals surface area contributed by atoms with Crippen LogP contribution in [-0.2, 0) is 36.6 Å². The van der Waals surface area contributed by atoms with E-state index >= 15 is 0 Å². The van der Waals surface area contributed by atoms with E-state index in [4.69, 9.17) is 0 Å². The highest BCUT2D eigenvalue weighted by atomic mass is 32.2. The number of nitrogens with zero attached hydrogens (tertiary/aromatic N) is 6. The van der Waals surface area contributed by atoms with Gasteiger partial charge in [-0.2, -0.15) is 9.57 Å². The van der Waals surface area contributed by atoms with Gasteiger partial charge in [0, 0.05) is 50.5 Å². The summed E-state index contributed by atoms with van der Waals surface area (Å²) in [5.74, 6) is 0.